The molecule has 1 aromatic heterocycles. The Bertz CT molecular complexity index is 678. The van der Waals surface area contributed by atoms with E-state index in [1.54, 1.807) is 12.4 Å². The van der Waals surface area contributed by atoms with Crippen LogP contribution in [-0.4, -0.2) is 42.2 Å². The number of aromatic nitrogens is 1. The Hall–Kier alpha value is -2.40. The number of rotatable bonds is 9. The lowest BCUT2D eigenvalue weighted by Crippen LogP contribution is -2.39. The molecule has 1 fully saturated rings. The Balaban J connectivity index is 1.27. The van der Waals surface area contributed by atoms with Crippen LogP contribution in [0.2, 0.25) is 0 Å². The fraction of sp³-hybridized carbons (Fsp3) is 0.455. The van der Waals surface area contributed by atoms with Gasteiger partial charge in [0.1, 0.15) is 0 Å². The van der Waals surface area contributed by atoms with E-state index < -0.39 is 0 Å². The number of ether oxygens (including phenoxy) is 1. The van der Waals surface area contributed by atoms with Crippen LogP contribution in [0, 0.1) is 0 Å². The van der Waals surface area contributed by atoms with Crippen molar-refractivity contribution in [3.05, 3.63) is 66.0 Å². The highest BCUT2D eigenvalue weighted by Gasteiger charge is 2.29. The maximum absolute atomic E-state index is 12.5. The van der Waals surface area contributed by atoms with Crippen molar-refractivity contribution in [3.63, 3.8) is 0 Å². The molecule has 5 heteroatoms. The summed E-state index contributed by atoms with van der Waals surface area (Å²) in [6, 6.07) is 14.6. The Morgan fingerprint density at radius 1 is 1.11 bits per heavy atom. The predicted octanol–water partition coefficient (Wildman–Crippen LogP) is 3.97. The van der Waals surface area contributed by atoms with Crippen LogP contribution in [0.25, 0.3) is 0 Å². The molecule has 0 bridgehead atoms. The summed E-state index contributed by atoms with van der Waals surface area (Å²) in [4.78, 5) is 18.5. The van der Waals surface area contributed by atoms with Crippen LogP contribution in [0.1, 0.15) is 42.9 Å². The number of unbranched alkanes of at least 4 members (excludes halogenated alkanes) is 1. The van der Waals surface area contributed by atoms with Crippen molar-refractivity contribution in [3.8, 4) is 0 Å². The molecule has 2 aromatic rings. The van der Waals surface area contributed by atoms with E-state index in [2.05, 4.69) is 34.6 Å². The van der Waals surface area contributed by atoms with Crippen molar-refractivity contribution < 1.29 is 9.53 Å². The lowest BCUT2D eigenvalue weighted by molar-refractivity contribution is 0.133. The van der Waals surface area contributed by atoms with Crippen molar-refractivity contribution in [1.82, 2.24) is 15.2 Å². The van der Waals surface area contributed by atoms with E-state index in [4.69, 9.17) is 4.74 Å². The summed E-state index contributed by atoms with van der Waals surface area (Å²) in [5.74, 6) is 0. The molecule has 0 radical (unpaired) electrons. The highest BCUT2D eigenvalue weighted by Crippen LogP contribution is 2.31. The fourth-order valence-electron chi connectivity index (χ4n) is 3.50. The molecule has 0 saturated carbocycles. The Kier molecular flexibility index (Phi) is 7.66. The monoisotopic (exact) mass is 367 g/mol. The maximum atomic E-state index is 12.5. The number of carbonyl (C=O) groups excluding carboxylic acids is 1. The van der Waals surface area contributed by atoms with Gasteiger partial charge in [0.2, 0.25) is 0 Å². The van der Waals surface area contributed by atoms with Gasteiger partial charge in [0.15, 0.2) is 0 Å². The van der Waals surface area contributed by atoms with Crippen molar-refractivity contribution in [2.24, 2.45) is 0 Å². The first-order valence-corrected chi connectivity index (χ1v) is 9.90. The average molecular weight is 367 g/mol. The van der Waals surface area contributed by atoms with E-state index in [0.717, 1.165) is 51.9 Å². The molecule has 1 aromatic carbocycles. The summed E-state index contributed by atoms with van der Waals surface area (Å²) < 4.78 is 5.69. The zero-order valence-electron chi connectivity index (χ0n) is 15.8. The van der Waals surface area contributed by atoms with Crippen LogP contribution >= 0.6 is 0 Å². The van der Waals surface area contributed by atoms with Gasteiger partial charge < -0.3 is 15.0 Å². The number of benzene rings is 1. The van der Waals surface area contributed by atoms with Crippen LogP contribution in [0.4, 0.5) is 4.79 Å². The molecule has 1 saturated heterocycles. The van der Waals surface area contributed by atoms with Crippen LogP contribution in [0.15, 0.2) is 54.9 Å². The lowest BCUT2D eigenvalue weighted by Gasteiger charge is -2.25. The van der Waals surface area contributed by atoms with Crippen LogP contribution in [0.3, 0.4) is 0 Å². The largest absolute Gasteiger partial charge is 0.381 e. The van der Waals surface area contributed by atoms with Gasteiger partial charge in [0, 0.05) is 32.1 Å². The number of hydrogen-bond acceptors (Lipinski definition) is 3. The number of nitrogens with zero attached hydrogens (tertiary/aromatic N) is 2. The smallest absolute Gasteiger partial charge is 0.317 e. The molecule has 0 aliphatic carbocycles. The summed E-state index contributed by atoms with van der Waals surface area (Å²) in [6.07, 6.45) is 8.50. The minimum absolute atomic E-state index is 0.0410. The fourth-order valence-corrected chi connectivity index (χ4v) is 3.50. The van der Waals surface area contributed by atoms with Crippen LogP contribution in [-0.2, 0) is 11.2 Å². The molecule has 5 nitrogen and oxygen atoms in total. The minimum atomic E-state index is 0.0410. The predicted molar refractivity (Wildman–Crippen MR) is 107 cm³/mol. The first-order valence-electron chi connectivity index (χ1n) is 9.90. The molecule has 2 amide bonds. The second kappa shape index (κ2) is 10.7. The molecule has 1 aliphatic rings. The van der Waals surface area contributed by atoms with E-state index in [1.807, 2.05) is 23.1 Å². The van der Waals surface area contributed by atoms with Gasteiger partial charge in [0.25, 0.3) is 0 Å². The van der Waals surface area contributed by atoms with E-state index in [9.17, 15) is 4.79 Å². The van der Waals surface area contributed by atoms with Gasteiger partial charge in [-0.2, -0.15) is 0 Å². The normalized spacial score (nSPS) is 16.4. The zero-order valence-corrected chi connectivity index (χ0v) is 15.8. The average Bonchev–Trinajstić information content (AvgIpc) is 3.21. The summed E-state index contributed by atoms with van der Waals surface area (Å²) in [6.45, 7) is 3.01. The molecule has 1 N–H and O–H groups in total. The summed E-state index contributed by atoms with van der Waals surface area (Å²) in [5.41, 5.74) is 2.48. The second-order valence-electron chi connectivity index (χ2n) is 6.92. The quantitative estimate of drug-likeness (QED) is 0.683. The highest BCUT2D eigenvalue weighted by molar-refractivity contribution is 5.75. The van der Waals surface area contributed by atoms with Gasteiger partial charge in [-0.05, 0) is 55.4 Å². The van der Waals surface area contributed by atoms with Crippen molar-refractivity contribution >= 4 is 6.03 Å². The first-order chi connectivity index (χ1) is 13.3. The van der Waals surface area contributed by atoms with E-state index >= 15 is 0 Å². The Morgan fingerprint density at radius 2 is 1.93 bits per heavy atom. The molecule has 0 unspecified atom stereocenters. The molecule has 3 rings (SSSR count). The number of urea groups is 1. The van der Waals surface area contributed by atoms with Gasteiger partial charge >= 0.3 is 6.03 Å². The number of pyridine rings is 1. The van der Waals surface area contributed by atoms with Crippen molar-refractivity contribution in [1.29, 1.82) is 0 Å². The maximum Gasteiger partial charge on any atom is 0.317 e. The topological polar surface area (TPSA) is 54.5 Å². The number of carbonyl (C=O) groups is 1. The number of hydrogen-bond donors (Lipinski definition) is 1. The number of likely N-dealkylation sites (tertiary alicyclic amines) is 1. The standard InChI is InChI=1S/C22H29N3O2/c26-22(25-16-6-9-21(25)20-10-14-23-15-11-20)24-13-4-5-17-27-18-12-19-7-2-1-3-8-19/h1-3,7-8,10-11,14-15,21H,4-6,9,12-13,16-18H2,(H,24,26)/t21-/m1/s1. The molecular weight excluding hydrogens is 338 g/mol. The number of nitrogens with one attached hydrogen (secondary N) is 1. The third-order valence-corrected chi connectivity index (χ3v) is 4.97. The first kappa shape index (κ1) is 19.4. The molecule has 27 heavy (non-hydrogen) atoms. The number of amides is 2. The molecule has 1 atom stereocenters. The molecular formula is C22H29N3O2. The second-order valence-corrected chi connectivity index (χ2v) is 6.92. The lowest BCUT2D eigenvalue weighted by atomic mass is 10.1. The van der Waals surface area contributed by atoms with Gasteiger partial charge in [-0.25, -0.2) is 4.79 Å². The van der Waals surface area contributed by atoms with Crippen molar-refractivity contribution in [2.75, 3.05) is 26.3 Å². The molecule has 0 spiro atoms. The Morgan fingerprint density at radius 3 is 2.74 bits per heavy atom. The summed E-state index contributed by atoms with van der Waals surface area (Å²) >= 11 is 0. The third-order valence-electron chi connectivity index (χ3n) is 4.97. The van der Waals surface area contributed by atoms with Crippen LogP contribution in [0.5, 0.6) is 0 Å². The third kappa shape index (κ3) is 6.07. The van der Waals surface area contributed by atoms with E-state index in [1.165, 1.54) is 11.1 Å². The van der Waals surface area contributed by atoms with Crippen molar-refractivity contribution in [2.45, 2.75) is 38.1 Å². The van der Waals surface area contributed by atoms with Gasteiger partial charge in [0.05, 0.1) is 12.6 Å². The van der Waals surface area contributed by atoms with E-state index in [0.29, 0.717) is 6.54 Å². The minimum Gasteiger partial charge on any atom is -0.381 e. The summed E-state index contributed by atoms with van der Waals surface area (Å²) in [7, 11) is 0. The van der Waals surface area contributed by atoms with Gasteiger partial charge in [-0.15, -0.1) is 0 Å². The molecule has 2 heterocycles. The SMILES string of the molecule is O=C(NCCCCOCCc1ccccc1)N1CCC[C@@H]1c1ccncc1. The van der Waals surface area contributed by atoms with Crippen LogP contribution < -0.4 is 5.32 Å². The van der Waals surface area contributed by atoms with Gasteiger partial charge in [-0.1, -0.05) is 30.3 Å². The Labute approximate surface area is 161 Å². The summed E-state index contributed by atoms with van der Waals surface area (Å²) in [5, 5.41) is 3.06. The molecule has 144 valence electrons. The zero-order chi connectivity index (χ0) is 18.7. The van der Waals surface area contributed by atoms with E-state index in [-0.39, 0.29) is 12.1 Å². The van der Waals surface area contributed by atoms with Gasteiger partial charge in [-0.3, -0.25) is 4.98 Å². The molecule has 1 aliphatic heterocycles. The highest BCUT2D eigenvalue weighted by atomic mass is 16.5.